The Balaban J connectivity index is 1.88. The zero-order valence-corrected chi connectivity index (χ0v) is 14.4. The van der Waals surface area contributed by atoms with Crippen LogP contribution in [0.4, 0.5) is 16.2 Å². The Hall–Kier alpha value is -2.62. The molecule has 8 heteroatoms. The van der Waals surface area contributed by atoms with Crippen LogP contribution in [0, 0.1) is 9.49 Å². The summed E-state index contributed by atoms with van der Waals surface area (Å²) in [5, 5.41) is 2.18. The third-order valence-electron chi connectivity index (χ3n) is 3.32. The molecule has 1 aliphatic heterocycles. The minimum Gasteiger partial charge on any atom is -0.276 e. The molecule has 7 nitrogen and oxygen atoms in total. The average Bonchev–Trinajstić information content (AvgIpc) is 2.57. The number of carbonyl (C=O) groups is 3. The number of hydrogen-bond acceptors (Lipinski definition) is 5. The third kappa shape index (κ3) is 3.32. The molecule has 1 atom stereocenters. The quantitative estimate of drug-likeness (QED) is 0.456. The van der Waals surface area contributed by atoms with Crippen molar-refractivity contribution in [3.63, 3.8) is 0 Å². The summed E-state index contributed by atoms with van der Waals surface area (Å²) < 4.78 is 0.966. The topological polar surface area (TPSA) is 91.7 Å². The lowest BCUT2D eigenvalue weighted by molar-refractivity contribution is -0.131. The molecule has 4 amide bonds. The van der Waals surface area contributed by atoms with Crippen LogP contribution in [0.15, 0.2) is 53.8 Å². The molecule has 0 unspecified atom stereocenters. The largest absolute Gasteiger partial charge is 0.335 e. The van der Waals surface area contributed by atoms with Gasteiger partial charge in [-0.1, -0.05) is 0 Å². The summed E-state index contributed by atoms with van der Waals surface area (Å²) in [6.07, 6.45) is 4.34. The van der Waals surface area contributed by atoms with Gasteiger partial charge in [-0.2, -0.15) is 0 Å². The lowest BCUT2D eigenvalue weighted by Gasteiger charge is -2.28. The van der Waals surface area contributed by atoms with E-state index in [0.29, 0.717) is 11.4 Å². The van der Waals surface area contributed by atoms with E-state index in [1.165, 1.54) is 6.21 Å². The fraction of sp³-hybridized carbons (Fsp3) is 0.0625. The molecule has 24 heavy (non-hydrogen) atoms. The number of pyridine rings is 1. The molecule has 3 rings (SSSR count). The number of nitrogens with one attached hydrogen (secondary N) is 1. The molecule has 0 aliphatic carbocycles. The highest BCUT2D eigenvalue weighted by Gasteiger charge is 2.40. The fourth-order valence-electron chi connectivity index (χ4n) is 2.15. The Morgan fingerprint density at radius 2 is 1.75 bits per heavy atom. The maximum atomic E-state index is 12.6. The van der Waals surface area contributed by atoms with Crippen LogP contribution in [0.3, 0.4) is 0 Å². The fourth-order valence-corrected chi connectivity index (χ4v) is 2.51. The number of halogens is 1. The van der Waals surface area contributed by atoms with Crippen LogP contribution in [-0.2, 0) is 9.59 Å². The molecule has 0 saturated carbocycles. The van der Waals surface area contributed by atoms with Crippen molar-refractivity contribution < 1.29 is 14.4 Å². The molecular formula is C16H11IN4O3. The van der Waals surface area contributed by atoms with Gasteiger partial charge in [0.05, 0.1) is 11.4 Å². The Bertz CT molecular complexity index is 821. The minimum absolute atomic E-state index is 0.396. The molecule has 0 radical (unpaired) electrons. The van der Waals surface area contributed by atoms with Crippen LogP contribution >= 0.6 is 22.6 Å². The third-order valence-corrected chi connectivity index (χ3v) is 4.04. The molecule has 1 N–H and O–H groups in total. The summed E-state index contributed by atoms with van der Waals surface area (Å²) in [7, 11) is 0. The van der Waals surface area contributed by atoms with Crippen molar-refractivity contribution in [2.24, 2.45) is 10.9 Å². The summed E-state index contributed by atoms with van der Waals surface area (Å²) >= 11 is 2.12. The highest BCUT2D eigenvalue weighted by atomic mass is 127. The number of urea groups is 1. The predicted octanol–water partition coefficient (Wildman–Crippen LogP) is 2.29. The Morgan fingerprint density at radius 1 is 1.08 bits per heavy atom. The van der Waals surface area contributed by atoms with Crippen molar-refractivity contribution in [3.8, 4) is 0 Å². The zero-order valence-electron chi connectivity index (χ0n) is 12.2. The second-order valence-electron chi connectivity index (χ2n) is 4.91. The number of nitrogens with zero attached hydrogens (tertiary/aromatic N) is 3. The number of imide groups is 2. The first-order chi connectivity index (χ1) is 11.6. The molecule has 120 valence electrons. The van der Waals surface area contributed by atoms with Crippen molar-refractivity contribution in [3.05, 3.63) is 52.4 Å². The number of amides is 4. The Morgan fingerprint density at radius 3 is 2.42 bits per heavy atom. The number of rotatable bonds is 3. The van der Waals surface area contributed by atoms with Crippen LogP contribution in [0.1, 0.15) is 0 Å². The average molecular weight is 434 g/mol. The van der Waals surface area contributed by atoms with Gasteiger partial charge in [-0.15, -0.1) is 0 Å². The van der Waals surface area contributed by atoms with Gasteiger partial charge in [0.25, 0.3) is 5.91 Å². The maximum absolute atomic E-state index is 12.6. The van der Waals surface area contributed by atoms with Gasteiger partial charge in [0.15, 0.2) is 5.92 Å². The summed E-state index contributed by atoms with van der Waals surface area (Å²) in [5.41, 5.74) is 0.955. The molecule has 0 spiro atoms. The number of carbonyl (C=O) groups excluding carboxylic acids is 3. The maximum Gasteiger partial charge on any atom is 0.335 e. The highest BCUT2D eigenvalue weighted by Crippen LogP contribution is 2.21. The monoisotopic (exact) mass is 434 g/mol. The number of aliphatic imine (C=N–C) groups is 1. The van der Waals surface area contributed by atoms with Crippen molar-refractivity contribution >= 4 is 58.0 Å². The number of benzene rings is 1. The van der Waals surface area contributed by atoms with E-state index < -0.39 is 23.8 Å². The van der Waals surface area contributed by atoms with Crippen molar-refractivity contribution in [1.29, 1.82) is 0 Å². The van der Waals surface area contributed by atoms with Crippen LogP contribution in [0.5, 0.6) is 0 Å². The smallest absolute Gasteiger partial charge is 0.276 e. The highest BCUT2D eigenvalue weighted by molar-refractivity contribution is 14.1. The number of hydrogen-bond donors (Lipinski definition) is 1. The van der Waals surface area contributed by atoms with Crippen molar-refractivity contribution in [1.82, 2.24) is 10.3 Å². The van der Waals surface area contributed by atoms with Gasteiger partial charge in [0.1, 0.15) is 0 Å². The first-order valence-corrected chi connectivity index (χ1v) is 8.03. The number of aromatic nitrogens is 1. The van der Waals surface area contributed by atoms with Crippen LogP contribution in [-0.4, -0.2) is 29.0 Å². The predicted molar refractivity (Wildman–Crippen MR) is 96.1 cm³/mol. The molecule has 0 bridgehead atoms. The molecule has 1 aromatic heterocycles. The van der Waals surface area contributed by atoms with Crippen LogP contribution in [0.2, 0.25) is 0 Å². The molecule has 1 fully saturated rings. The van der Waals surface area contributed by atoms with E-state index in [1.54, 1.807) is 48.8 Å². The van der Waals surface area contributed by atoms with Crippen molar-refractivity contribution in [2.75, 3.05) is 4.90 Å². The van der Waals surface area contributed by atoms with Crippen LogP contribution in [0.25, 0.3) is 0 Å². The van der Waals surface area contributed by atoms with E-state index in [1.807, 2.05) is 0 Å². The second-order valence-corrected chi connectivity index (χ2v) is 6.15. The van der Waals surface area contributed by atoms with E-state index in [0.717, 1.165) is 8.47 Å². The van der Waals surface area contributed by atoms with Gasteiger partial charge in [-0.3, -0.25) is 24.9 Å². The van der Waals surface area contributed by atoms with Gasteiger partial charge in [-0.25, -0.2) is 9.69 Å². The molecule has 1 aromatic carbocycles. The number of anilines is 1. The minimum atomic E-state index is -1.17. The molecule has 2 aromatic rings. The van der Waals surface area contributed by atoms with Gasteiger partial charge in [-0.05, 0) is 59.0 Å². The molecular weight excluding hydrogens is 423 g/mol. The lowest BCUT2D eigenvalue weighted by Crippen LogP contribution is -2.58. The van der Waals surface area contributed by atoms with E-state index in [2.05, 4.69) is 37.9 Å². The Kier molecular flexibility index (Phi) is 4.65. The lowest BCUT2D eigenvalue weighted by atomic mass is 10.1. The van der Waals surface area contributed by atoms with Crippen molar-refractivity contribution in [2.45, 2.75) is 0 Å². The summed E-state index contributed by atoms with van der Waals surface area (Å²) in [4.78, 5) is 45.5. The summed E-state index contributed by atoms with van der Waals surface area (Å²) in [5.74, 6) is -2.50. The van der Waals surface area contributed by atoms with Gasteiger partial charge in [0, 0.05) is 22.2 Å². The number of barbiturate groups is 1. The standard InChI is InChI=1S/C16H11IN4O3/c17-10-1-3-12(4-2-10)21-15(23)13(14(22)20-16(21)24)9-19-11-5-7-18-8-6-11/h1-9,13H,(H,20,22,24)/t13-/m1/s1. The Labute approximate surface area is 150 Å². The summed E-state index contributed by atoms with van der Waals surface area (Å²) in [6, 6.07) is 9.35. The SMILES string of the molecule is O=C1NC(=O)N(c2ccc(I)cc2)C(=O)[C@@H]1C=Nc1ccncc1. The molecule has 1 aliphatic rings. The van der Waals surface area contributed by atoms with Gasteiger partial charge in [0.2, 0.25) is 5.91 Å². The van der Waals surface area contributed by atoms with Gasteiger partial charge >= 0.3 is 6.03 Å². The molecule has 1 saturated heterocycles. The second kappa shape index (κ2) is 6.87. The van der Waals surface area contributed by atoms with E-state index in [9.17, 15) is 14.4 Å². The van der Waals surface area contributed by atoms with E-state index >= 15 is 0 Å². The molecule has 2 heterocycles. The normalized spacial score (nSPS) is 18.1. The van der Waals surface area contributed by atoms with Gasteiger partial charge < -0.3 is 0 Å². The summed E-state index contributed by atoms with van der Waals surface area (Å²) in [6.45, 7) is 0. The zero-order chi connectivity index (χ0) is 17.1. The van der Waals surface area contributed by atoms with E-state index in [4.69, 9.17) is 0 Å². The van der Waals surface area contributed by atoms with E-state index in [-0.39, 0.29) is 0 Å². The van der Waals surface area contributed by atoms with Crippen LogP contribution < -0.4 is 10.2 Å². The first-order valence-electron chi connectivity index (χ1n) is 6.95. The first kappa shape index (κ1) is 16.2.